The Morgan fingerprint density at radius 1 is 1.59 bits per heavy atom. The van der Waals surface area contributed by atoms with Gasteiger partial charge in [-0.1, -0.05) is 13.8 Å². The Bertz CT molecular complexity index is 340. The lowest BCUT2D eigenvalue weighted by Gasteiger charge is -2.18. The number of hydrogen-bond acceptors (Lipinski definition) is 3. The van der Waals surface area contributed by atoms with Crippen LogP contribution in [-0.2, 0) is 11.3 Å². The largest absolute Gasteiger partial charge is 0.384 e. The summed E-state index contributed by atoms with van der Waals surface area (Å²) in [5.74, 6) is 0.451. The van der Waals surface area contributed by atoms with Gasteiger partial charge in [0, 0.05) is 26.3 Å². The van der Waals surface area contributed by atoms with E-state index in [1.807, 2.05) is 10.9 Å². The van der Waals surface area contributed by atoms with Gasteiger partial charge in [0.15, 0.2) is 0 Å². The Labute approximate surface area is 112 Å². The van der Waals surface area contributed by atoms with Crippen molar-refractivity contribution in [2.45, 2.75) is 39.3 Å². The molecule has 2 atom stereocenters. The molecule has 5 heteroatoms. The third kappa shape index (κ3) is 4.08. The number of halogens is 1. The lowest BCUT2D eigenvalue weighted by Crippen LogP contribution is -2.20. The molecular formula is C12H22BrN3O. The fraction of sp³-hybridized carbons (Fsp3) is 0.750. The minimum Gasteiger partial charge on any atom is -0.384 e. The van der Waals surface area contributed by atoms with Crippen molar-refractivity contribution in [2.75, 3.05) is 13.7 Å². The quantitative estimate of drug-likeness (QED) is 0.842. The van der Waals surface area contributed by atoms with Gasteiger partial charge >= 0.3 is 0 Å². The number of aromatic nitrogens is 2. The van der Waals surface area contributed by atoms with Crippen LogP contribution in [-0.4, -0.2) is 23.5 Å². The first kappa shape index (κ1) is 14.7. The van der Waals surface area contributed by atoms with E-state index in [9.17, 15) is 0 Å². The summed E-state index contributed by atoms with van der Waals surface area (Å²) >= 11 is 3.52. The molecule has 0 bridgehead atoms. The maximum atomic E-state index is 6.26. The van der Waals surface area contributed by atoms with Crippen LogP contribution in [0.4, 0.5) is 0 Å². The molecule has 0 spiro atoms. The van der Waals surface area contributed by atoms with Crippen LogP contribution in [0.25, 0.3) is 0 Å². The number of nitrogens with zero attached hydrogens (tertiary/aromatic N) is 2. The van der Waals surface area contributed by atoms with Gasteiger partial charge in [-0.15, -0.1) is 0 Å². The molecule has 4 nitrogen and oxygen atoms in total. The van der Waals surface area contributed by atoms with Crippen molar-refractivity contribution < 1.29 is 4.74 Å². The van der Waals surface area contributed by atoms with E-state index in [4.69, 9.17) is 10.5 Å². The van der Waals surface area contributed by atoms with Gasteiger partial charge in [0.2, 0.25) is 0 Å². The molecule has 0 aliphatic heterocycles. The molecule has 0 saturated carbocycles. The summed E-state index contributed by atoms with van der Waals surface area (Å²) in [6.07, 6.45) is 3.79. The van der Waals surface area contributed by atoms with Crippen LogP contribution in [0, 0.1) is 5.92 Å². The second-order valence-electron chi connectivity index (χ2n) is 4.50. The van der Waals surface area contributed by atoms with E-state index in [-0.39, 0.29) is 6.04 Å². The first-order valence-corrected chi connectivity index (χ1v) is 6.85. The lowest BCUT2D eigenvalue weighted by molar-refractivity contribution is 0.151. The summed E-state index contributed by atoms with van der Waals surface area (Å²) in [5, 5.41) is 4.34. The topological polar surface area (TPSA) is 53.1 Å². The third-order valence-electron chi connectivity index (χ3n) is 2.73. The van der Waals surface area contributed by atoms with E-state index in [1.54, 1.807) is 7.11 Å². The van der Waals surface area contributed by atoms with Crippen molar-refractivity contribution in [3.8, 4) is 0 Å². The maximum absolute atomic E-state index is 6.26. The van der Waals surface area contributed by atoms with Crippen LogP contribution in [0.2, 0.25) is 0 Å². The summed E-state index contributed by atoms with van der Waals surface area (Å²) in [6.45, 7) is 5.94. The molecular weight excluding hydrogens is 282 g/mol. The molecule has 1 rings (SSSR count). The number of nitrogens with two attached hydrogens (primary N) is 1. The highest BCUT2D eigenvalue weighted by Crippen LogP contribution is 2.26. The molecule has 0 radical (unpaired) electrons. The highest BCUT2D eigenvalue weighted by molar-refractivity contribution is 9.10. The van der Waals surface area contributed by atoms with Crippen molar-refractivity contribution >= 4 is 15.9 Å². The van der Waals surface area contributed by atoms with Gasteiger partial charge in [0.05, 0.1) is 16.4 Å². The van der Waals surface area contributed by atoms with Gasteiger partial charge in [-0.3, -0.25) is 4.68 Å². The minimum atomic E-state index is 0.00331. The molecule has 0 saturated heterocycles. The summed E-state index contributed by atoms with van der Waals surface area (Å²) in [7, 11) is 1.72. The molecule has 0 aromatic carbocycles. The van der Waals surface area contributed by atoms with Crippen LogP contribution in [0.5, 0.6) is 0 Å². The average molecular weight is 304 g/mol. The fourth-order valence-corrected chi connectivity index (χ4v) is 2.62. The SMILES string of the molecule is CCCn1ncc(Br)c1C(N)CC(C)COC. The number of hydrogen-bond donors (Lipinski definition) is 1. The number of methoxy groups -OCH3 is 1. The molecule has 0 aliphatic carbocycles. The van der Waals surface area contributed by atoms with Crippen molar-refractivity contribution in [3.05, 3.63) is 16.4 Å². The van der Waals surface area contributed by atoms with Crippen molar-refractivity contribution in [3.63, 3.8) is 0 Å². The van der Waals surface area contributed by atoms with Gasteiger partial charge in [0.25, 0.3) is 0 Å². The van der Waals surface area contributed by atoms with Crippen molar-refractivity contribution in [2.24, 2.45) is 11.7 Å². The number of ether oxygens (including phenoxy) is 1. The zero-order valence-electron chi connectivity index (χ0n) is 10.8. The van der Waals surface area contributed by atoms with E-state index in [1.165, 1.54) is 0 Å². The van der Waals surface area contributed by atoms with Crippen LogP contribution in [0.15, 0.2) is 10.7 Å². The summed E-state index contributed by atoms with van der Waals surface area (Å²) in [6, 6.07) is 0.00331. The molecule has 0 fully saturated rings. The highest BCUT2D eigenvalue weighted by atomic mass is 79.9. The van der Waals surface area contributed by atoms with Gasteiger partial charge in [-0.05, 0) is 34.7 Å². The monoisotopic (exact) mass is 303 g/mol. The van der Waals surface area contributed by atoms with Gasteiger partial charge in [-0.2, -0.15) is 5.10 Å². The molecule has 2 unspecified atom stereocenters. The Balaban J connectivity index is 2.73. The standard InChI is InChI=1S/C12H22BrN3O/c1-4-5-16-12(10(13)7-15-16)11(14)6-9(2)8-17-3/h7,9,11H,4-6,8,14H2,1-3H3. The van der Waals surface area contributed by atoms with Gasteiger partial charge < -0.3 is 10.5 Å². The summed E-state index contributed by atoms with van der Waals surface area (Å²) < 4.78 is 8.14. The maximum Gasteiger partial charge on any atom is 0.0693 e. The molecule has 0 amide bonds. The van der Waals surface area contributed by atoms with Gasteiger partial charge in [0.1, 0.15) is 0 Å². The van der Waals surface area contributed by atoms with Crippen LogP contribution >= 0.6 is 15.9 Å². The predicted octanol–water partition coefficient (Wildman–Crippen LogP) is 2.73. The van der Waals surface area contributed by atoms with Gasteiger partial charge in [-0.25, -0.2) is 0 Å². The Morgan fingerprint density at radius 3 is 2.88 bits per heavy atom. The van der Waals surface area contributed by atoms with E-state index in [0.717, 1.165) is 36.2 Å². The zero-order valence-corrected chi connectivity index (χ0v) is 12.4. The Morgan fingerprint density at radius 2 is 2.29 bits per heavy atom. The smallest absolute Gasteiger partial charge is 0.0693 e. The van der Waals surface area contributed by atoms with E-state index < -0.39 is 0 Å². The highest BCUT2D eigenvalue weighted by Gasteiger charge is 2.18. The molecule has 0 aliphatic rings. The Hall–Kier alpha value is -0.390. The molecule has 98 valence electrons. The average Bonchev–Trinajstić information content (AvgIpc) is 2.60. The van der Waals surface area contributed by atoms with Crippen LogP contribution in [0.3, 0.4) is 0 Å². The number of aryl methyl sites for hydroxylation is 1. The third-order valence-corrected chi connectivity index (χ3v) is 3.34. The second kappa shape index (κ2) is 7.13. The first-order chi connectivity index (χ1) is 8.10. The second-order valence-corrected chi connectivity index (χ2v) is 5.36. The zero-order chi connectivity index (χ0) is 12.8. The normalized spacial score (nSPS) is 14.9. The predicted molar refractivity (Wildman–Crippen MR) is 72.8 cm³/mol. The first-order valence-electron chi connectivity index (χ1n) is 6.05. The molecule has 1 aromatic rings. The van der Waals surface area contributed by atoms with E-state index in [2.05, 4.69) is 34.9 Å². The molecule has 1 heterocycles. The van der Waals surface area contributed by atoms with Crippen molar-refractivity contribution in [1.82, 2.24) is 9.78 Å². The number of rotatable bonds is 7. The molecule has 2 N–H and O–H groups in total. The minimum absolute atomic E-state index is 0.00331. The summed E-state index contributed by atoms with van der Waals surface area (Å²) in [5.41, 5.74) is 7.35. The van der Waals surface area contributed by atoms with E-state index >= 15 is 0 Å². The van der Waals surface area contributed by atoms with E-state index in [0.29, 0.717) is 5.92 Å². The summed E-state index contributed by atoms with van der Waals surface area (Å²) in [4.78, 5) is 0. The van der Waals surface area contributed by atoms with Crippen molar-refractivity contribution in [1.29, 1.82) is 0 Å². The molecule has 17 heavy (non-hydrogen) atoms. The molecule has 1 aromatic heterocycles. The fourth-order valence-electron chi connectivity index (χ4n) is 2.03. The van der Waals surface area contributed by atoms with Crippen LogP contribution < -0.4 is 5.73 Å². The lowest BCUT2D eigenvalue weighted by atomic mass is 10.0. The van der Waals surface area contributed by atoms with Crippen LogP contribution in [0.1, 0.15) is 38.4 Å². The Kier molecular flexibility index (Phi) is 6.16.